The summed E-state index contributed by atoms with van der Waals surface area (Å²) in [6.07, 6.45) is 2.51. The number of nitrogens with zero attached hydrogens (tertiary/aromatic N) is 4. The molecule has 1 N–H and O–H groups in total. The minimum Gasteiger partial charge on any atom is -0.491 e. The van der Waals surface area contributed by atoms with Gasteiger partial charge >= 0.3 is 0 Å². The number of hydrazone groups is 1. The third kappa shape index (κ3) is 3.88. The second-order valence-electron chi connectivity index (χ2n) is 6.69. The maximum Gasteiger partial charge on any atom is 0.189 e. The topological polar surface area (TPSA) is 53.0 Å². The van der Waals surface area contributed by atoms with E-state index in [0.29, 0.717) is 11.7 Å². The number of thiocarbonyl (C=S) groups is 1. The molecule has 7 heteroatoms. The molecule has 1 aromatic heterocycles. The van der Waals surface area contributed by atoms with Gasteiger partial charge in [-0.05, 0) is 42.9 Å². The number of hydrogen-bond acceptors (Lipinski definition) is 5. The van der Waals surface area contributed by atoms with Crippen molar-refractivity contribution in [3.63, 3.8) is 0 Å². The molecular weight excluding hydrogens is 358 g/mol. The first-order valence-corrected chi connectivity index (χ1v) is 9.63. The first kappa shape index (κ1) is 17.7. The molecule has 0 bridgehead atoms. The lowest BCUT2D eigenvalue weighted by atomic mass is 10.1. The molecule has 3 heterocycles. The molecule has 2 aliphatic rings. The van der Waals surface area contributed by atoms with Gasteiger partial charge in [-0.1, -0.05) is 18.2 Å². The summed E-state index contributed by atoms with van der Waals surface area (Å²) >= 11 is 5.56. The van der Waals surface area contributed by atoms with Gasteiger partial charge in [0, 0.05) is 44.5 Å². The van der Waals surface area contributed by atoms with Crippen LogP contribution in [0.25, 0.3) is 0 Å². The quantitative estimate of drug-likeness (QED) is 0.637. The standard InChI is InChI=1S/C20H23N5OS/c1-15-7-9-21-18-17(8-14-26-19(15)18)22-23-20(27)25-12-10-24(11-13-25)16-5-3-2-4-6-16/h2-7,9H,8,10-14H2,1H3,(H,23,27)/b22-17-. The number of para-hydroxylation sites is 1. The summed E-state index contributed by atoms with van der Waals surface area (Å²) in [5.74, 6) is 0.826. The molecule has 2 aliphatic heterocycles. The van der Waals surface area contributed by atoms with E-state index in [2.05, 4.69) is 49.6 Å². The highest BCUT2D eigenvalue weighted by Crippen LogP contribution is 2.26. The van der Waals surface area contributed by atoms with E-state index < -0.39 is 0 Å². The molecule has 6 nitrogen and oxygen atoms in total. The molecule has 0 amide bonds. The van der Waals surface area contributed by atoms with Gasteiger partial charge in [-0.2, -0.15) is 5.10 Å². The highest BCUT2D eigenvalue weighted by molar-refractivity contribution is 7.80. The smallest absolute Gasteiger partial charge is 0.189 e. The minimum absolute atomic E-state index is 0.614. The van der Waals surface area contributed by atoms with Gasteiger partial charge in [0.1, 0.15) is 11.4 Å². The summed E-state index contributed by atoms with van der Waals surface area (Å²) in [4.78, 5) is 8.99. The highest BCUT2D eigenvalue weighted by atomic mass is 32.1. The Morgan fingerprint density at radius 3 is 2.70 bits per heavy atom. The average Bonchev–Trinajstić information content (AvgIpc) is 2.73. The normalized spacial score (nSPS) is 18.0. The van der Waals surface area contributed by atoms with Crippen molar-refractivity contribution < 1.29 is 4.74 Å². The molecule has 0 aliphatic carbocycles. The molecule has 27 heavy (non-hydrogen) atoms. The molecule has 0 atom stereocenters. The van der Waals surface area contributed by atoms with Gasteiger partial charge in [0.25, 0.3) is 0 Å². The summed E-state index contributed by atoms with van der Waals surface area (Å²) in [6.45, 7) is 6.28. The zero-order valence-electron chi connectivity index (χ0n) is 15.4. The lowest BCUT2D eigenvalue weighted by Crippen LogP contribution is -2.51. The van der Waals surface area contributed by atoms with E-state index in [1.165, 1.54) is 5.69 Å². The fraction of sp³-hybridized carbons (Fsp3) is 0.350. The van der Waals surface area contributed by atoms with Crippen molar-refractivity contribution in [2.75, 3.05) is 37.7 Å². The van der Waals surface area contributed by atoms with E-state index in [9.17, 15) is 0 Å². The molecule has 0 unspecified atom stereocenters. The van der Waals surface area contributed by atoms with Crippen LogP contribution in [0.1, 0.15) is 17.7 Å². The van der Waals surface area contributed by atoms with Crippen molar-refractivity contribution in [3.8, 4) is 5.75 Å². The molecule has 0 radical (unpaired) electrons. The van der Waals surface area contributed by atoms with Crippen LogP contribution in [-0.4, -0.2) is 53.5 Å². The Morgan fingerprint density at radius 1 is 1.15 bits per heavy atom. The van der Waals surface area contributed by atoms with Crippen LogP contribution in [0, 0.1) is 6.92 Å². The van der Waals surface area contributed by atoms with Gasteiger partial charge < -0.3 is 14.5 Å². The zero-order chi connectivity index (χ0) is 18.6. The lowest BCUT2D eigenvalue weighted by Gasteiger charge is -2.37. The molecule has 0 saturated carbocycles. The van der Waals surface area contributed by atoms with Gasteiger partial charge in [-0.3, -0.25) is 10.4 Å². The fourth-order valence-corrected chi connectivity index (χ4v) is 3.63. The average molecular weight is 382 g/mol. The molecular formula is C20H23N5OS. The van der Waals surface area contributed by atoms with E-state index in [4.69, 9.17) is 17.0 Å². The number of fused-ring (bicyclic) bond motifs is 1. The van der Waals surface area contributed by atoms with Gasteiger partial charge in [0.2, 0.25) is 0 Å². The first-order valence-electron chi connectivity index (χ1n) is 9.22. The van der Waals surface area contributed by atoms with E-state index in [0.717, 1.165) is 55.3 Å². The second kappa shape index (κ2) is 7.92. The van der Waals surface area contributed by atoms with Crippen LogP contribution in [-0.2, 0) is 0 Å². The molecule has 1 aromatic carbocycles. The molecule has 4 rings (SSSR count). The van der Waals surface area contributed by atoms with Crippen LogP contribution in [0.2, 0.25) is 0 Å². The van der Waals surface area contributed by atoms with Crippen LogP contribution in [0.4, 0.5) is 5.69 Å². The van der Waals surface area contributed by atoms with Crippen LogP contribution >= 0.6 is 12.2 Å². The number of nitrogens with one attached hydrogen (secondary N) is 1. The van der Waals surface area contributed by atoms with Crippen LogP contribution in [0.15, 0.2) is 47.7 Å². The third-order valence-electron chi connectivity index (χ3n) is 4.93. The molecule has 140 valence electrons. The first-order chi connectivity index (χ1) is 13.2. The number of hydrogen-bond donors (Lipinski definition) is 1. The van der Waals surface area contributed by atoms with Crippen molar-refractivity contribution in [3.05, 3.63) is 53.9 Å². The summed E-state index contributed by atoms with van der Waals surface area (Å²) in [5, 5.41) is 5.21. The van der Waals surface area contributed by atoms with E-state index in [1.807, 2.05) is 19.1 Å². The van der Waals surface area contributed by atoms with Gasteiger partial charge in [-0.25, -0.2) is 0 Å². The number of benzene rings is 1. The van der Waals surface area contributed by atoms with Crippen LogP contribution < -0.4 is 15.1 Å². The number of ether oxygens (including phenoxy) is 1. The van der Waals surface area contributed by atoms with Crippen molar-refractivity contribution >= 4 is 28.7 Å². The number of aromatic nitrogens is 1. The number of aryl methyl sites for hydroxylation is 1. The maximum atomic E-state index is 5.74. The summed E-state index contributed by atoms with van der Waals surface area (Å²) < 4.78 is 5.74. The Balaban J connectivity index is 1.37. The van der Waals surface area contributed by atoms with Crippen molar-refractivity contribution in [1.82, 2.24) is 15.3 Å². The maximum absolute atomic E-state index is 5.74. The Hall–Kier alpha value is -2.67. The number of pyridine rings is 1. The lowest BCUT2D eigenvalue weighted by molar-refractivity contribution is 0.315. The third-order valence-corrected chi connectivity index (χ3v) is 5.28. The predicted octanol–water partition coefficient (Wildman–Crippen LogP) is 2.57. The monoisotopic (exact) mass is 381 g/mol. The van der Waals surface area contributed by atoms with E-state index >= 15 is 0 Å². The van der Waals surface area contributed by atoms with Crippen LogP contribution in [0.5, 0.6) is 5.75 Å². The predicted molar refractivity (Wildman–Crippen MR) is 112 cm³/mol. The molecule has 0 spiro atoms. The van der Waals surface area contributed by atoms with Gasteiger partial charge in [-0.15, -0.1) is 0 Å². The second-order valence-corrected chi connectivity index (χ2v) is 7.08. The van der Waals surface area contributed by atoms with E-state index in [1.54, 1.807) is 6.20 Å². The largest absolute Gasteiger partial charge is 0.491 e. The van der Waals surface area contributed by atoms with Crippen molar-refractivity contribution in [2.45, 2.75) is 13.3 Å². The van der Waals surface area contributed by atoms with Crippen molar-refractivity contribution in [2.24, 2.45) is 5.10 Å². The summed E-state index contributed by atoms with van der Waals surface area (Å²) in [6, 6.07) is 12.4. The highest BCUT2D eigenvalue weighted by Gasteiger charge is 2.22. The van der Waals surface area contributed by atoms with Crippen molar-refractivity contribution in [1.29, 1.82) is 0 Å². The fourth-order valence-electron chi connectivity index (χ4n) is 3.40. The number of anilines is 1. The SMILES string of the molecule is Cc1ccnc2c1OCC/C2=N/NC(=S)N1CCN(c2ccccc2)CC1. The Labute approximate surface area is 164 Å². The van der Waals surface area contributed by atoms with E-state index in [-0.39, 0.29) is 0 Å². The van der Waals surface area contributed by atoms with Crippen LogP contribution in [0.3, 0.4) is 0 Å². The summed E-state index contributed by atoms with van der Waals surface area (Å²) in [5.41, 5.74) is 7.11. The molecule has 2 aromatic rings. The molecule has 1 saturated heterocycles. The van der Waals surface area contributed by atoms with Gasteiger partial charge in [0.15, 0.2) is 5.11 Å². The molecule has 1 fully saturated rings. The number of piperazine rings is 1. The van der Waals surface area contributed by atoms with Gasteiger partial charge in [0.05, 0.1) is 12.3 Å². The Morgan fingerprint density at radius 2 is 1.93 bits per heavy atom. The zero-order valence-corrected chi connectivity index (χ0v) is 16.2. The minimum atomic E-state index is 0.614. The number of rotatable bonds is 2. The Kier molecular flexibility index (Phi) is 5.20. The Bertz CT molecular complexity index is 847. The summed E-state index contributed by atoms with van der Waals surface area (Å²) in [7, 11) is 0.